The summed E-state index contributed by atoms with van der Waals surface area (Å²) < 4.78 is 0. The highest BCUT2D eigenvalue weighted by molar-refractivity contribution is 8.00. The molecule has 2 amide bonds. The van der Waals surface area contributed by atoms with Crippen LogP contribution in [-0.2, 0) is 4.79 Å². The number of anilines is 2. The molecule has 1 heterocycles. The first-order valence-corrected chi connectivity index (χ1v) is 13.9. The normalized spacial score (nSPS) is 11.5. The molecule has 3 aromatic carbocycles. The van der Waals surface area contributed by atoms with Crippen LogP contribution in [-0.4, -0.2) is 44.2 Å². The predicted molar refractivity (Wildman–Crippen MR) is 156 cm³/mol. The summed E-state index contributed by atoms with van der Waals surface area (Å²) >= 11 is 14.6. The lowest BCUT2D eigenvalue weighted by molar-refractivity contribution is -0.115. The van der Waals surface area contributed by atoms with Gasteiger partial charge in [0.05, 0.1) is 37.7 Å². The molecule has 13 heteroatoms. The van der Waals surface area contributed by atoms with Crippen LogP contribution < -0.4 is 10.6 Å². The Morgan fingerprint density at radius 2 is 1.60 bits per heavy atom. The average Bonchev–Trinajstić information content (AvgIpc) is 3.39. The summed E-state index contributed by atoms with van der Waals surface area (Å²) in [6.45, 7) is 1.75. The van der Waals surface area contributed by atoms with Crippen LogP contribution in [0, 0.1) is 0 Å². The van der Waals surface area contributed by atoms with Gasteiger partial charge in [-0.05, 0) is 61.5 Å². The summed E-state index contributed by atoms with van der Waals surface area (Å²) in [5, 5.41) is 26.5. The molecule has 4 rings (SSSR count). The van der Waals surface area contributed by atoms with E-state index >= 15 is 0 Å². The summed E-state index contributed by atoms with van der Waals surface area (Å²) in [5.41, 5.74) is 0.986. The van der Waals surface area contributed by atoms with Crippen LogP contribution >= 0.6 is 46.3 Å². The SMILES string of the molecule is CC(Sc1ccc(NC(=O)c2ccc(C(=O)O)cc2C(=O)O)cc1)C(=O)Nc1nc(-c2ccc(Cl)c(Cl)c2)cs1. The number of carbonyl (C=O) groups excluding carboxylic acids is 2. The number of carbonyl (C=O) groups is 4. The fourth-order valence-corrected chi connectivity index (χ4v) is 5.34. The highest BCUT2D eigenvalue weighted by atomic mass is 35.5. The molecule has 0 aliphatic rings. The van der Waals surface area contributed by atoms with Crippen LogP contribution in [0.2, 0.25) is 10.0 Å². The average molecular weight is 617 g/mol. The number of hydrogen-bond acceptors (Lipinski definition) is 7. The van der Waals surface area contributed by atoms with Gasteiger partial charge in [0.1, 0.15) is 0 Å². The number of benzene rings is 3. The second kappa shape index (κ2) is 12.5. The van der Waals surface area contributed by atoms with Crippen molar-refractivity contribution in [1.82, 2.24) is 4.98 Å². The van der Waals surface area contributed by atoms with Crippen molar-refractivity contribution in [3.8, 4) is 11.3 Å². The van der Waals surface area contributed by atoms with Crippen LogP contribution in [0.5, 0.6) is 0 Å². The third kappa shape index (κ3) is 6.99. The van der Waals surface area contributed by atoms with Crippen molar-refractivity contribution < 1.29 is 29.4 Å². The first kappa shape index (κ1) is 29.1. The summed E-state index contributed by atoms with van der Waals surface area (Å²) in [7, 11) is 0. The highest BCUT2D eigenvalue weighted by Gasteiger charge is 2.20. The lowest BCUT2D eigenvalue weighted by Gasteiger charge is -2.12. The van der Waals surface area contributed by atoms with Gasteiger partial charge in [0.25, 0.3) is 5.91 Å². The first-order chi connectivity index (χ1) is 19.0. The molecule has 0 bridgehead atoms. The number of amides is 2. The van der Waals surface area contributed by atoms with Gasteiger partial charge in [-0.1, -0.05) is 29.3 Å². The molecule has 1 aromatic heterocycles. The Kier molecular flexibility index (Phi) is 9.10. The van der Waals surface area contributed by atoms with Gasteiger partial charge in [0, 0.05) is 21.5 Å². The van der Waals surface area contributed by atoms with Crippen molar-refractivity contribution in [1.29, 1.82) is 0 Å². The number of hydrogen-bond donors (Lipinski definition) is 4. The number of carboxylic acids is 2. The molecule has 0 saturated carbocycles. The maximum absolute atomic E-state index is 12.7. The van der Waals surface area contributed by atoms with E-state index in [0.29, 0.717) is 26.6 Å². The molecule has 4 N–H and O–H groups in total. The molecular weight excluding hydrogens is 597 g/mol. The van der Waals surface area contributed by atoms with Gasteiger partial charge >= 0.3 is 11.9 Å². The Labute approximate surface area is 246 Å². The topological polar surface area (TPSA) is 146 Å². The zero-order chi connectivity index (χ0) is 29.0. The van der Waals surface area contributed by atoms with Gasteiger partial charge in [-0.25, -0.2) is 14.6 Å². The number of halogens is 2. The lowest BCUT2D eigenvalue weighted by atomic mass is 10.0. The molecule has 0 aliphatic heterocycles. The van der Waals surface area contributed by atoms with Crippen LogP contribution in [0.4, 0.5) is 10.8 Å². The third-order valence-corrected chi connectivity index (χ3v) is 8.09. The molecule has 0 saturated heterocycles. The standard InChI is InChI=1S/C27H19Cl2N3O6S2/c1-13(23(33)32-27-31-22(12-39-27)14-3-9-20(28)21(29)11-14)40-17-6-4-16(5-7-17)30-24(34)18-8-2-15(25(35)36)10-19(18)26(37)38/h2-13H,1H3,(H,30,34)(H,35,36)(H,37,38)(H,31,32,33). The van der Waals surface area contributed by atoms with Crippen LogP contribution in [0.25, 0.3) is 11.3 Å². The minimum atomic E-state index is -1.42. The highest BCUT2D eigenvalue weighted by Crippen LogP contribution is 2.31. The van der Waals surface area contributed by atoms with E-state index in [0.717, 1.165) is 28.7 Å². The number of rotatable bonds is 9. The Hall–Kier alpha value is -3.90. The number of nitrogens with zero attached hydrogens (tertiary/aromatic N) is 1. The van der Waals surface area contributed by atoms with E-state index in [1.165, 1.54) is 23.1 Å². The molecule has 0 radical (unpaired) electrons. The van der Waals surface area contributed by atoms with Crippen molar-refractivity contribution in [2.24, 2.45) is 0 Å². The molecule has 9 nitrogen and oxygen atoms in total. The van der Waals surface area contributed by atoms with Gasteiger partial charge in [0.15, 0.2) is 5.13 Å². The quantitative estimate of drug-likeness (QED) is 0.149. The fourth-order valence-electron chi connectivity index (χ4n) is 3.45. The fraction of sp³-hybridized carbons (Fsp3) is 0.0741. The molecule has 0 aliphatic carbocycles. The smallest absolute Gasteiger partial charge is 0.336 e. The summed E-state index contributed by atoms with van der Waals surface area (Å²) in [5.74, 6) is -3.67. The summed E-state index contributed by atoms with van der Waals surface area (Å²) in [6.07, 6.45) is 0. The van der Waals surface area contributed by atoms with Gasteiger partial charge in [-0.3, -0.25) is 9.59 Å². The first-order valence-electron chi connectivity index (χ1n) is 11.4. The predicted octanol–water partition coefficient (Wildman–Crippen LogP) is 6.88. The number of thioether (sulfide) groups is 1. The van der Waals surface area contributed by atoms with Crippen LogP contribution in [0.15, 0.2) is 70.9 Å². The molecule has 1 atom stereocenters. The molecular formula is C27H19Cl2N3O6S2. The second-order valence-electron chi connectivity index (χ2n) is 8.27. The van der Waals surface area contributed by atoms with Crippen molar-refractivity contribution in [3.05, 3.63) is 92.8 Å². The molecule has 0 fully saturated rings. The lowest BCUT2D eigenvalue weighted by Crippen LogP contribution is -2.22. The van der Waals surface area contributed by atoms with Gasteiger partial charge in [-0.2, -0.15) is 0 Å². The van der Waals surface area contributed by atoms with E-state index in [-0.39, 0.29) is 17.0 Å². The van der Waals surface area contributed by atoms with Gasteiger partial charge in [0.2, 0.25) is 5.91 Å². The molecule has 4 aromatic rings. The van der Waals surface area contributed by atoms with Crippen molar-refractivity contribution in [2.45, 2.75) is 17.1 Å². The number of carboxylic acid groups (broad SMARTS) is 2. The molecule has 204 valence electrons. The Bertz CT molecular complexity index is 1630. The maximum Gasteiger partial charge on any atom is 0.336 e. The van der Waals surface area contributed by atoms with E-state index in [2.05, 4.69) is 15.6 Å². The summed E-state index contributed by atoms with van der Waals surface area (Å²) in [6, 6.07) is 15.1. The Balaban J connectivity index is 1.36. The summed E-state index contributed by atoms with van der Waals surface area (Å²) in [4.78, 5) is 53.3. The van der Waals surface area contributed by atoms with E-state index in [9.17, 15) is 24.3 Å². The van der Waals surface area contributed by atoms with Crippen LogP contribution in [0.1, 0.15) is 38.0 Å². The largest absolute Gasteiger partial charge is 0.478 e. The molecule has 40 heavy (non-hydrogen) atoms. The zero-order valence-electron chi connectivity index (χ0n) is 20.5. The van der Waals surface area contributed by atoms with Crippen LogP contribution in [0.3, 0.4) is 0 Å². The monoisotopic (exact) mass is 615 g/mol. The molecule has 1 unspecified atom stereocenters. The maximum atomic E-state index is 12.7. The van der Waals surface area contributed by atoms with E-state index in [1.807, 2.05) is 0 Å². The Morgan fingerprint density at radius 3 is 2.25 bits per heavy atom. The zero-order valence-corrected chi connectivity index (χ0v) is 23.6. The van der Waals surface area contributed by atoms with E-state index in [4.69, 9.17) is 28.3 Å². The Morgan fingerprint density at radius 1 is 0.875 bits per heavy atom. The minimum Gasteiger partial charge on any atom is -0.478 e. The number of aromatic nitrogens is 1. The van der Waals surface area contributed by atoms with Crippen molar-refractivity contribution >= 4 is 80.9 Å². The number of nitrogens with one attached hydrogen (secondary N) is 2. The number of aromatic carboxylic acids is 2. The van der Waals surface area contributed by atoms with Gasteiger partial charge in [-0.15, -0.1) is 23.1 Å². The minimum absolute atomic E-state index is 0.175. The second-order valence-corrected chi connectivity index (χ2v) is 11.4. The third-order valence-electron chi connectivity index (χ3n) is 5.49. The van der Waals surface area contributed by atoms with Crippen molar-refractivity contribution in [3.63, 3.8) is 0 Å². The van der Waals surface area contributed by atoms with Crippen molar-refractivity contribution in [2.75, 3.05) is 10.6 Å². The number of thiazole rings is 1. The molecule has 0 spiro atoms. The van der Waals surface area contributed by atoms with E-state index < -0.39 is 28.7 Å². The van der Waals surface area contributed by atoms with Gasteiger partial charge < -0.3 is 20.8 Å². The van der Waals surface area contributed by atoms with E-state index in [1.54, 1.807) is 54.8 Å².